The highest BCUT2D eigenvalue weighted by Crippen LogP contribution is 2.33. The summed E-state index contributed by atoms with van der Waals surface area (Å²) in [6.07, 6.45) is 2.42. The first-order chi connectivity index (χ1) is 14.1. The number of halogens is 2. The van der Waals surface area contributed by atoms with E-state index in [0.717, 1.165) is 18.7 Å². The van der Waals surface area contributed by atoms with Gasteiger partial charge in [-0.2, -0.15) is 5.26 Å². The highest BCUT2D eigenvalue weighted by molar-refractivity contribution is 6.32. The molecule has 1 aromatic heterocycles. The van der Waals surface area contributed by atoms with Gasteiger partial charge in [-0.3, -0.25) is 0 Å². The summed E-state index contributed by atoms with van der Waals surface area (Å²) < 4.78 is 11.8. The number of nitrogens with zero attached hydrogens (tertiary/aromatic N) is 3. The fraction of sp³-hybridized carbons (Fsp3) is 0.182. The summed E-state index contributed by atoms with van der Waals surface area (Å²) in [6, 6.07) is 18.5. The highest BCUT2D eigenvalue weighted by Gasteiger charge is 2.27. The van der Waals surface area contributed by atoms with Crippen molar-refractivity contribution >= 4 is 28.9 Å². The summed E-state index contributed by atoms with van der Waals surface area (Å²) in [5, 5.41) is 10.7. The molecule has 0 bridgehead atoms. The summed E-state index contributed by atoms with van der Waals surface area (Å²) in [7, 11) is 0. The topological polar surface area (TPSA) is 58.4 Å². The van der Waals surface area contributed by atoms with E-state index in [0.29, 0.717) is 39.5 Å². The molecule has 2 aromatic carbocycles. The molecule has 1 aliphatic heterocycles. The second kappa shape index (κ2) is 8.60. The van der Waals surface area contributed by atoms with Gasteiger partial charge in [0, 0.05) is 25.2 Å². The van der Waals surface area contributed by atoms with Crippen LogP contribution in [0.3, 0.4) is 0 Å². The van der Waals surface area contributed by atoms with Crippen LogP contribution in [0.1, 0.15) is 12.0 Å². The molecule has 5 nitrogen and oxygen atoms in total. The van der Waals surface area contributed by atoms with Crippen molar-refractivity contribution in [3.05, 3.63) is 76.4 Å². The fourth-order valence-electron chi connectivity index (χ4n) is 3.26. The number of nitriles is 1. The minimum atomic E-state index is -0.0482. The van der Waals surface area contributed by atoms with E-state index < -0.39 is 0 Å². The van der Waals surface area contributed by atoms with Crippen LogP contribution in [0.5, 0.6) is 17.4 Å². The number of pyridine rings is 1. The van der Waals surface area contributed by atoms with Crippen molar-refractivity contribution in [3.8, 4) is 23.4 Å². The molecule has 0 amide bonds. The Labute approximate surface area is 179 Å². The number of rotatable bonds is 5. The van der Waals surface area contributed by atoms with Gasteiger partial charge in [-0.1, -0.05) is 35.3 Å². The number of aromatic nitrogens is 1. The van der Waals surface area contributed by atoms with E-state index in [1.807, 2.05) is 24.3 Å². The highest BCUT2D eigenvalue weighted by atomic mass is 35.5. The normalized spacial score (nSPS) is 15.8. The molecule has 0 unspecified atom stereocenters. The molecule has 0 aliphatic carbocycles. The van der Waals surface area contributed by atoms with Crippen molar-refractivity contribution in [2.45, 2.75) is 12.5 Å². The third kappa shape index (κ3) is 4.40. The third-order valence-electron chi connectivity index (χ3n) is 4.64. The zero-order valence-corrected chi connectivity index (χ0v) is 16.9. The zero-order chi connectivity index (χ0) is 20.2. The van der Waals surface area contributed by atoms with Gasteiger partial charge >= 0.3 is 0 Å². The molecule has 146 valence electrons. The minimum absolute atomic E-state index is 0.0482. The molecule has 1 saturated heterocycles. The van der Waals surface area contributed by atoms with Crippen molar-refractivity contribution in [1.82, 2.24) is 4.98 Å². The van der Waals surface area contributed by atoms with Crippen molar-refractivity contribution < 1.29 is 9.47 Å². The second-order valence-electron chi connectivity index (χ2n) is 6.59. The van der Waals surface area contributed by atoms with Crippen molar-refractivity contribution in [1.29, 1.82) is 5.26 Å². The Morgan fingerprint density at radius 2 is 1.90 bits per heavy atom. The molecule has 29 heavy (non-hydrogen) atoms. The SMILES string of the molecule is N#Cc1cc(Oc2ccccc2Cl)ccc1N1CC[C@H](Oc2ncccc2Cl)C1. The van der Waals surface area contributed by atoms with E-state index in [-0.39, 0.29) is 6.10 Å². The smallest absolute Gasteiger partial charge is 0.232 e. The quantitative estimate of drug-likeness (QED) is 0.523. The van der Waals surface area contributed by atoms with Crippen LogP contribution < -0.4 is 14.4 Å². The average molecular weight is 426 g/mol. The Hall–Kier alpha value is -2.94. The maximum Gasteiger partial charge on any atom is 0.232 e. The van der Waals surface area contributed by atoms with Crippen LogP contribution in [-0.2, 0) is 0 Å². The molecule has 0 radical (unpaired) electrons. The van der Waals surface area contributed by atoms with Crippen LogP contribution in [0.4, 0.5) is 5.69 Å². The molecule has 1 atom stereocenters. The monoisotopic (exact) mass is 425 g/mol. The van der Waals surface area contributed by atoms with E-state index in [1.165, 1.54) is 0 Å². The van der Waals surface area contributed by atoms with E-state index in [1.54, 1.807) is 36.5 Å². The molecular weight excluding hydrogens is 409 g/mol. The zero-order valence-electron chi connectivity index (χ0n) is 15.4. The molecule has 1 aliphatic rings. The van der Waals surface area contributed by atoms with E-state index in [9.17, 15) is 5.26 Å². The van der Waals surface area contributed by atoms with E-state index >= 15 is 0 Å². The molecule has 0 spiro atoms. The Kier molecular flexibility index (Phi) is 5.75. The summed E-state index contributed by atoms with van der Waals surface area (Å²) >= 11 is 12.3. The first kappa shape index (κ1) is 19.4. The predicted molar refractivity (Wildman–Crippen MR) is 113 cm³/mol. The molecule has 2 heterocycles. The predicted octanol–water partition coefficient (Wildman–Crippen LogP) is 5.71. The maximum atomic E-state index is 9.64. The van der Waals surface area contributed by atoms with Crippen LogP contribution in [-0.4, -0.2) is 24.2 Å². The lowest BCUT2D eigenvalue weighted by Crippen LogP contribution is -2.25. The number of hydrogen-bond donors (Lipinski definition) is 0. The van der Waals surface area contributed by atoms with E-state index in [2.05, 4.69) is 16.0 Å². The van der Waals surface area contributed by atoms with Gasteiger partial charge in [-0.15, -0.1) is 0 Å². The van der Waals surface area contributed by atoms with Crippen molar-refractivity contribution in [3.63, 3.8) is 0 Å². The van der Waals surface area contributed by atoms with Gasteiger partial charge in [0.2, 0.25) is 5.88 Å². The van der Waals surface area contributed by atoms with Crippen molar-refractivity contribution in [2.24, 2.45) is 0 Å². The van der Waals surface area contributed by atoms with Crippen molar-refractivity contribution in [2.75, 3.05) is 18.0 Å². The average Bonchev–Trinajstić information content (AvgIpc) is 3.19. The van der Waals surface area contributed by atoms with Crippen LogP contribution in [0.15, 0.2) is 60.8 Å². The van der Waals surface area contributed by atoms with Gasteiger partial charge in [-0.05, 0) is 36.4 Å². The Balaban J connectivity index is 1.48. The Morgan fingerprint density at radius 1 is 1.07 bits per heavy atom. The molecule has 1 fully saturated rings. The van der Waals surface area contributed by atoms with Gasteiger partial charge in [0.15, 0.2) is 0 Å². The lowest BCUT2D eigenvalue weighted by molar-refractivity contribution is 0.216. The van der Waals surface area contributed by atoms with Crippen LogP contribution in [0.2, 0.25) is 10.0 Å². The standard InChI is InChI=1S/C22H17Cl2N3O2/c23-18-4-1-2-6-21(18)28-16-7-8-20(15(12-16)13-25)27-11-9-17(14-27)29-22-19(24)5-3-10-26-22/h1-8,10,12,17H,9,11,14H2/t17-/m0/s1. The number of para-hydroxylation sites is 1. The maximum absolute atomic E-state index is 9.64. The van der Waals surface area contributed by atoms with Gasteiger partial charge in [0.25, 0.3) is 0 Å². The van der Waals surface area contributed by atoms with E-state index in [4.69, 9.17) is 32.7 Å². The Morgan fingerprint density at radius 3 is 2.69 bits per heavy atom. The number of anilines is 1. The molecule has 3 aromatic rings. The number of benzene rings is 2. The second-order valence-corrected chi connectivity index (χ2v) is 7.40. The van der Waals surface area contributed by atoms with Crippen LogP contribution in [0.25, 0.3) is 0 Å². The summed E-state index contributed by atoms with van der Waals surface area (Å²) in [6.45, 7) is 1.42. The fourth-order valence-corrected chi connectivity index (χ4v) is 3.60. The molecule has 7 heteroatoms. The molecular formula is C22H17Cl2N3O2. The lowest BCUT2D eigenvalue weighted by Gasteiger charge is -2.21. The summed E-state index contributed by atoms with van der Waals surface area (Å²) in [4.78, 5) is 6.30. The largest absolute Gasteiger partial charge is 0.471 e. The summed E-state index contributed by atoms with van der Waals surface area (Å²) in [5.74, 6) is 1.54. The van der Waals surface area contributed by atoms with Gasteiger partial charge in [0.05, 0.1) is 22.8 Å². The lowest BCUT2D eigenvalue weighted by atomic mass is 10.1. The summed E-state index contributed by atoms with van der Waals surface area (Å²) in [5.41, 5.74) is 1.38. The van der Waals surface area contributed by atoms with Gasteiger partial charge in [0.1, 0.15) is 28.7 Å². The Bertz CT molecular complexity index is 1070. The number of ether oxygens (including phenoxy) is 2. The molecule has 4 rings (SSSR count). The molecule has 0 N–H and O–H groups in total. The number of hydrogen-bond acceptors (Lipinski definition) is 5. The van der Waals surface area contributed by atoms with Crippen LogP contribution >= 0.6 is 23.2 Å². The minimum Gasteiger partial charge on any atom is -0.471 e. The van der Waals surface area contributed by atoms with Gasteiger partial charge in [-0.25, -0.2) is 4.98 Å². The first-order valence-corrected chi connectivity index (χ1v) is 9.88. The third-order valence-corrected chi connectivity index (χ3v) is 5.24. The first-order valence-electron chi connectivity index (χ1n) is 9.12. The van der Waals surface area contributed by atoms with Gasteiger partial charge < -0.3 is 14.4 Å². The molecule has 0 saturated carbocycles. The van der Waals surface area contributed by atoms with Crippen LogP contribution in [0, 0.1) is 11.3 Å².